The molecular weight excluding hydrogens is 649 g/mol. The van der Waals surface area contributed by atoms with Gasteiger partial charge in [-0.15, -0.1) is 0 Å². The van der Waals surface area contributed by atoms with Crippen molar-refractivity contribution < 1.29 is 8.85 Å². The van der Waals surface area contributed by atoms with Crippen molar-refractivity contribution in [2.75, 3.05) is 0 Å². The second-order valence-corrected chi connectivity index (χ2v) is 22.6. The lowest BCUT2D eigenvalue weighted by Crippen LogP contribution is -2.38. The molecule has 0 amide bonds. The fourth-order valence-corrected chi connectivity index (χ4v) is 20.4. The molecule has 4 atom stereocenters. The molecule has 44 heavy (non-hydrogen) atoms. The van der Waals surface area contributed by atoms with Crippen molar-refractivity contribution in [3.05, 3.63) is 144 Å². The van der Waals surface area contributed by atoms with Crippen LogP contribution in [0, 0.1) is 0 Å². The summed E-state index contributed by atoms with van der Waals surface area (Å²) in [6.07, 6.45) is 0.411. The van der Waals surface area contributed by atoms with E-state index in [1.807, 2.05) is 41.2 Å². The van der Waals surface area contributed by atoms with Crippen LogP contribution in [0.1, 0.15) is 75.6 Å². The summed E-state index contributed by atoms with van der Waals surface area (Å²) in [5.41, 5.74) is 5.43. The van der Waals surface area contributed by atoms with Gasteiger partial charge in [-0.1, -0.05) is 157 Å². The lowest BCUT2D eigenvalue weighted by atomic mass is 9.92. The molecule has 0 spiro atoms. The van der Waals surface area contributed by atoms with E-state index in [1.54, 1.807) is 0 Å². The van der Waals surface area contributed by atoms with Crippen LogP contribution in [-0.4, -0.2) is 31.7 Å². The number of benzene rings is 4. The predicted octanol–water partition coefficient (Wildman–Crippen LogP) is 10.00. The fraction of sp³-hybridized carbons (Fsp3) is 0.333. The van der Waals surface area contributed by atoms with Gasteiger partial charge < -0.3 is 8.85 Å². The normalized spacial score (nSPS) is 16.5. The Hall–Kier alpha value is -1.37. The smallest absolute Gasteiger partial charge is 0.183 e. The van der Waals surface area contributed by atoms with Crippen LogP contribution in [0.3, 0.4) is 0 Å². The molecule has 0 radical (unpaired) electrons. The van der Waals surface area contributed by atoms with Gasteiger partial charge in [-0.3, -0.25) is 0 Å². The van der Waals surface area contributed by atoms with Gasteiger partial charge in [0.05, 0.1) is 8.74 Å². The van der Waals surface area contributed by atoms with E-state index in [2.05, 4.69) is 163 Å². The Morgan fingerprint density at radius 1 is 0.455 bits per heavy atom. The number of hydrogen-bond donors (Lipinski definition) is 0. The Morgan fingerprint density at radius 2 is 0.750 bits per heavy atom. The molecule has 4 aromatic carbocycles. The highest BCUT2D eigenvalue weighted by molar-refractivity contribution is 9.26. The van der Waals surface area contributed by atoms with E-state index in [9.17, 15) is 0 Å². The molecule has 0 aliphatic heterocycles. The van der Waals surface area contributed by atoms with Gasteiger partial charge in [0.25, 0.3) is 0 Å². The molecule has 0 fully saturated rings. The van der Waals surface area contributed by atoms with Gasteiger partial charge in [0.15, 0.2) is 19.5 Å². The van der Waals surface area contributed by atoms with E-state index in [-0.39, 0.29) is 20.9 Å². The third kappa shape index (κ3) is 9.13. The second kappa shape index (κ2) is 17.5. The molecule has 4 unspecified atom stereocenters. The van der Waals surface area contributed by atoms with E-state index in [1.165, 1.54) is 22.3 Å². The molecule has 0 saturated heterocycles. The highest BCUT2D eigenvalue weighted by atomic mass is 33.7. The molecule has 2 nitrogen and oxygen atoms in total. The molecule has 0 bridgehead atoms. The topological polar surface area (TPSA) is 18.5 Å². The van der Waals surface area contributed by atoms with Crippen molar-refractivity contribution in [2.45, 2.75) is 74.3 Å². The standard InChI is InChI=1S/C36H46O2S4Si2/c1-27(2)37-43-35(33-23-15-9-16-24-33,29(5)31-19-11-7-12-20-31)39-41-42-40-36(44-38-28(3)4,34-25-17-10-18-26-34)30(6)32-21-13-8-14-22-32/h7-30H,43-44H2,1-6H3. The summed E-state index contributed by atoms with van der Waals surface area (Å²) in [5, 5.41) is 0. The van der Waals surface area contributed by atoms with Gasteiger partial charge >= 0.3 is 0 Å². The van der Waals surface area contributed by atoms with Crippen LogP contribution >= 0.6 is 41.2 Å². The maximum Gasteiger partial charge on any atom is 0.183 e. The van der Waals surface area contributed by atoms with E-state index < -0.39 is 19.5 Å². The van der Waals surface area contributed by atoms with Gasteiger partial charge in [-0.2, -0.15) is 0 Å². The summed E-state index contributed by atoms with van der Waals surface area (Å²) in [5.74, 6) is 0.584. The highest BCUT2D eigenvalue weighted by Gasteiger charge is 2.44. The maximum atomic E-state index is 6.61. The minimum atomic E-state index is -1.01. The molecule has 0 N–H and O–H groups in total. The Bertz CT molecular complexity index is 1260. The van der Waals surface area contributed by atoms with Crippen molar-refractivity contribution in [2.24, 2.45) is 0 Å². The van der Waals surface area contributed by atoms with Crippen LogP contribution in [-0.2, 0) is 17.6 Å². The van der Waals surface area contributed by atoms with E-state index in [0.29, 0.717) is 11.8 Å². The van der Waals surface area contributed by atoms with Crippen LogP contribution in [0.4, 0.5) is 0 Å². The van der Waals surface area contributed by atoms with Crippen LogP contribution < -0.4 is 0 Å². The maximum absolute atomic E-state index is 6.61. The van der Waals surface area contributed by atoms with E-state index >= 15 is 0 Å². The van der Waals surface area contributed by atoms with Gasteiger partial charge in [0.1, 0.15) is 0 Å². The molecule has 0 aliphatic carbocycles. The summed E-state index contributed by atoms with van der Waals surface area (Å²) in [7, 11) is 5.83. The quantitative estimate of drug-likeness (QED) is 0.0618. The zero-order valence-corrected chi connectivity index (χ0v) is 32.8. The first-order valence-corrected chi connectivity index (χ1v) is 22.8. The first-order valence-electron chi connectivity index (χ1n) is 15.4. The van der Waals surface area contributed by atoms with Gasteiger partial charge in [-0.05, 0) is 81.4 Å². The van der Waals surface area contributed by atoms with Crippen molar-refractivity contribution in [1.29, 1.82) is 0 Å². The highest BCUT2D eigenvalue weighted by Crippen LogP contribution is 2.62. The van der Waals surface area contributed by atoms with Crippen molar-refractivity contribution in [3.63, 3.8) is 0 Å². The van der Waals surface area contributed by atoms with Crippen LogP contribution in [0.15, 0.2) is 121 Å². The summed E-state index contributed by atoms with van der Waals surface area (Å²) in [6, 6.07) is 44.1. The molecule has 4 aromatic rings. The molecule has 0 aromatic heterocycles. The average molecular weight is 695 g/mol. The number of hydrogen-bond acceptors (Lipinski definition) is 6. The zero-order valence-electron chi connectivity index (χ0n) is 26.7. The minimum absolute atomic E-state index is 0.141. The zero-order chi connectivity index (χ0) is 31.4. The van der Waals surface area contributed by atoms with Crippen molar-refractivity contribution in [1.82, 2.24) is 0 Å². The largest absolute Gasteiger partial charge is 0.420 e. The predicted molar refractivity (Wildman–Crippen MR) is 206 cm³/mol. The molecule has 0 heterocycles. The van der Waals surface area contributed by atoms with Crippen LogP contribution in [0.2, 0.25) is 0 Å². The van der Waals surface area contributed by atoms with Crippen LogP contribution in [0.5, 0.6) is 0 Å². The lowest BCUT2D eigenvalue weighted by Gasteiger charge is -2.40. The van der Waals surface area contributed by atoms with E-state index in [0.717, 1.165) is 0 Å². The third-order valence-electron chi connectivity index (χ3n) is 8.18. The average Bonchev–Trinajstić information content (AvgIpc) is 3.07. The second-order valence-electron chi connectivity index (χ2n) is 11.8. The van der Waals surface area contributed by atoms with Crippen molar-refractivity contribution >= 4 is 60.8 Å². The Balaban J connectivity index is 1.68. The monoisotopic (exact) mass is 694 g/mol. The van der Waals surface area contributed by atoms with Crippen LogP contribution in [0.25, 0.3) is 0 Å². The molecule has 0 aliphatic rings. The molecule has 8 heteroatoms. The SMILES string of the molecule is CC(C)O[SiH2]C(SSSSC([SiH2]OC(C)C)(c1ccccc1)C(C)c1ccccc1)(c1ccccc1)C(C)c1ccccc1. The first kappa shape index (κ1) is 35.5. The van der Waals surface area contributed by atoms with Crippen molar-refractivity contribution in [3.8, 4) is 0 Å². The number of rotatable bonds is 17. The van der Waals surface area contributed by atoms with E-state index in [4.69, 9.17) is 8.85 Å². The third-order valence-corrected chi connectivity index (χ3v) is 23.1. The molecule has 4 rings (SSSR count). The Kier molecular flexibility index (Phi) is 14.1. The molecule has 0 saturated carbocycles. The minimum Gasteiger partial charge on any atom is -0.420 e. The summed E-state index contributed by atoms with van der Waals surface area (Å²) < 4.78 is 12.9. The first-order chi connectivity index (χ1) is 21.3. The van der Waals surface area contributed by atoms with Gasteiger partial charge in [-0.25, -0.2) is 0 Å². The lowest BCUT2D eigenvalue weighted by molar-refractivity contribution is 0.246. The molecule has 234 valence electrons. The fourth-order valence-electron chi connectivity index (χ4n) is 5.40. The van der Waals surface area contributed by atoms with Gasteiger partial charge in [0, 0.05) is 12.2 Å². The van der Waals surface area contributed by atoms with Gasteiger partial charge in [0.2, 0.25) is 0 Å². The Labute approximate surface area is 285 Å². The Morgan fingerprint density at radius 3 is 1.05 bits per heavy atom. The summed E-state index contributed by atoms with van der Waals surface area (Å²) in [4.78, 5) is 0. The molecular formula is C36H46O2S4Si2. The summed E-state index contributed by atoms with van der Waals surface area (Å²) >= 11 is 0. The summed E-state index contributed by atoms with van der Waals surface area (Å²) in [6.45, 7) is 13.4.